The van der Waals surface area contributed by atoms with Crippen molar-refractivity contribution in [2.24, 2.45) is 0 Å². The number of oxazole rings is 1. The minimum Gasteiger partial charge on any atom is -0.423 e. The van der Waals surface area contributed by atoms with Crippen molar-refractivity contribution in [3.05, 3.63) is 60.0 Å². The van der Waals surface area contributed by atoms with Gasteiger partial charge in [-0.1, -0.05) is 25.1 Å². The van der Waals surface area contributed by atoms with Crippen molar-refractivity contribution in [2.75, 3.05) is 11.1 Å². The molecular weight excluding hydrogens is 440 g/mol. The molecule has 8 heteroatoms. The molecule has 0 saturated heterocycles. The molecular formula is C27H28N6O2. The normalized spacial score (nSPS) is 18.0. The third-order valence-electron chi connectivity index (χ3n) is 6.95. The summed E-state index contributed by atoms with van der Waals surface area (Å²) in [6.07, 6.45) is 6.66. The van der Waals surface area contributed by atoms with E-state index in [-0.39, 0.29) is 12.1 Å². The second-order valence-electron chi connectivity index (χ2n) is 9.38. The zero-order valence-corrected chi connectivity index (χ0v) is 19.8. The Morgan fingerprint density at radius 2 is 2.00 bits per heavy atom. The maximum Gasteiger partial charge on any atom is 0.300 e. The number of nitrogens with two attached hydrogens (primary N) is 1. The Hall–Kier alpha value is -3.91. The first kappa shape index (κ1) is 21.6. The molecule has 3 heterocycles. The predicted octanol–water partition coefficient (Wildman–Crippen LogP) is 5.52. The van der Waals surface area contributed by atoms with Gasteiger partial charge in [-0.2, -0.15) is 4.98 Å². The molecule has 35 heavy (non-hydrogen) atoms. The lowest BCUT2D eigenvalue weighted by Crippen LogP contribution is -2.07. The van der Waals surface area contributed by atoms with Crippen molar-refractivity contribution in [1.82, 2.24) is 19.5 Å². The Bertz CT molecular complexity index is 1540. The van der Waals surface area contributed by atoms with Crippen molar-refractivity contribution >= 4 is 39.7 Å². The standard InChI is InChI=1S/C27H28N6O2/c1-3-16-10-15(2)11-22-24(16)35-27(32-22)31-18-6-4-17(5-7-18)21-13-33(19-8-9-20(34)12-19)26-23(21)25(28)29-14-30-26/h4-7,10-11,13-14,19-20,34H,3,8-9,12H2,1-2H3,(H,31,32)(H2,28,29,30)/t19?,20-/m0/s1. The summed E-state index contributed by atoms with van der Waals surface area (Å²) < 4.78 is 8.18. The van der Waals surface area contributed by atoms with Gasteiger partial charge in [-0.05, 0) is 67.5 Å². The van der Waals surface area contributed by atoms with E-state index in [0.717, 1.165) is 70.2 Å². The minimum absolute atomic E-state index is 0.201. The molecule has 178 valence electrons. The quantitative estimate of drug-likeness (QED) is 0.311. The van der Waals surface area contributed by atoms with Crippen LogP contribution in [0.4, 0.5) is 17.5 Å². The number of aliphatic hydroxyl groups is 1. The number of anilines is 3. The molecule has 0 radical (unpaired) electrons. The van der Waals surface area contributed by atoms with E-state index in [2.05, 4.69) is 50.9 Å². The van der Waals surface area contributed by atoms with Crippen LogP contribution in [0.5, 0.6) is 0 Å². The van der Waals surface area contributed by atoms with E-state index in [1.54, 1.807) is 0 Å². The van der Waals surface area contributed by atoms with Crippen LogP contribution in [0.25, 0.3) is 33.3 Å². The summed E-state index contributed by atoms with van der Waals surface area (Å²) in [6.45, 7) is 4.19. The highest BCUT2D eigenvalue weighted by atomic mass is 16.4. The predicted molar refractivity (Wildman–Crippen MR) is 138 cm³/mol. The zero-order valence-electron chi connectivity index (χ0n) is 19.8. The number of fused-ring (bicyclic) bond motifs is 2. The summed E-state index contributed by atoms with van der Waals surface area (Å²) in [6, 6.07) is 12.9. The first-order valence-corrected chi connectivity index (χ1v) is 12.1. The maximum atomic E-state index is 10.1. The average molecular weight is 469 g/mol. The molecule has 6 rings (SSSR count). The summed E-state index contributed by atoms with van der Waals surface area (Å²) in [5, 5.41) is 14.2. The highest BCUT2D eigenvalue weighted by molar-refractivity contribution is 6.00. The number of nitrogens with one attached hydrogen (secondary N) is 1. The van der Waals surface area contributed by atoms with Crippen LogP contribution < -0.4 is 11.1 Å². The second kappa shape index (κ2) is 8.39. The summed E-state index contributed by atoms with van der Waals surface area (Å²) in [4.78, 5) is 13.4. The Morgan fingerprint density at radius 1 is 1.17 bits per heavy atom. The Kier molecular flexibility index (Phi) is 5.18. The molecule has 8 nitrogen and oxygen atoms in total. The van der Waals surface area contributed by atoms with Crippen LogP contribution >= 0.6 is 0 Å². The Morgan fingerprint density at radius 3 is 2.74 bits per heavy atom. The number of aromatic nitrogens is 4. The van der Waals surface area contributed by atoms with Gasteiger partial charge in [0.1, 0.15) is 23.3 Å². The highest BCUT2D eigenvalue weighted by Gasteiger charge is 2.27. The SMILES string of the molecule is CCc1cc(C)cc2nc(Nc3ccc(-c4cn(C5CC[C@H](O)C5)c5ncnc(N)c45)cc3)oc12. The van der Waals surface area contributed by atoms with Crippen LogP contribution in [0.15, 0.2) is 53.3 Å². The molecule has 4 N–H and O–H groups in total. The molecule has 1 aliphatic rings. The highest BCUT2D eigenvalue weighted by Crippen LogP contribution is 2.39. The van der Waals surface area contributed by atoms with Crippen LogP contribution in [0, 0.1) is 6.92 Å². The van der Waals surface area contributed by atoms with Gasteiger partial charge >= 0.3 is 0 Å². The summed E-state index contributed by atoms with van der Waals surface area (Å²) in [7, 11) is 0. The lowest BCUT2D eigenvalue weighted by Gasteiger charge is -2.12. The first-order valence-electron chi connectivity index (χ1n) is 12.1. The number of aliphatic hydroxyl groups excluding tert-OH is 1. The second-order valence-corrected chi connectivity index (χ2v) is 9.38. The van der Waals surface area contributed by atoms with Gasteiger partial charge in [-0.25, -0.2) is 9.97 Å². The van der Waals surface area contributed by atoms with E-state index in [4.69, 9.17) is 10.2 Å². The smallest absolute Gasteiger partial charge is 0.300 e. The van der Waals surface area contributed by atoms with Crippen LogP contribution in [-0.4, -0.2) is 30.7 Å². The topological polar surface area (TPSA) is 115 Å². The lowest BCUT2D eigenvalue weighted by molar-refractivity contribution is 0.178. The molecule has 1 unspecified atom stereocenters. The fourth-order valence-electron chi connectivity index (χ4n) is 5.22. The molecule has 2 aromatic carbocycles. The van der Waals surface area contributed by atoms with Crippen molar-refractivity contribution in [3.8, 4) is 11.1 Å². The number of hydrogen-bond acceptors (Lipinski definition) is 7. The minimum atomic E-state index is -0.269. The molecule has 5 aromatic rings. The molecule has 1 saturated carbocycles. The van der Waals surface area contributed by atoms with Crippen molar-refractivity contribution in [3.63, 3.8) is 0 Å². The molecule has 1 fully saturated rings. The third kappa shape index (κ3) is 3.80. The van der Waals surface area contributed by atoms with Gasteiger partial charge in [0.25, 0.3) is 6.01 Å². The van der Waals surface area contributed by atoms with E-state index in [1.807, 2.05) is 30.3 Å². The summed E-state index contributed by atoms with van der Waals surface area (Å²) in [5.74, 6) is 0.456. The van der Waals surface area contributed by atoms with E-state index in [9.17, 15) is 5.11 Å². The van der Waals surface area contributed by atoms with Crippen LogP contribution in [-0.2, 0) is 6.42 Å². The number of hydrogen-bond donors (Lipinski definition) is 3. The molecule has 3 aromatic heterocycles. The average Bonchev–Trinajstić information content (AvgIpc) is 3.56. The monoisotopic (exact) mass is 468 g/mol. The number of rotatable bonds is 5. The fourth-order valence-corrected chi connectivity index (χ4v) is 5.22. The van der Waals surface area contributed by atoms with Gasteiger partial charge in [-0.3, -0.25) is 0 Å². The molecule has 0 aliphatic heterocycles. The number of aryl methyl sites for hydroxylation is 2. The van der Waals surface area contributed by atoms with Crippen LogP contribution in [0.2, 0.25) is 0 Å². The molecule has 0 spiro atoms. The van der Waals surface area contributed by atoms with Gasteiger partial charge in [0.15, 0.2) is 5.58 Å². The van der Waals surface area contributed by atoms with Gasteiger partial charge in [-0.15, -0.1) is 0 Å². The van der Waals surface area contributed by atoms with Crippen molar-refractivity contribution < 1.29 is 9.52 Å². The summed E-state index contributed by atoms with van der Waals surface area (Å²) >= 11 is 0. The van der Waals surface area contributed by atoms with Crippen molar-refractivity contribution in [2.45, 2.75) is 51.7 Å². The van der Waals surface area contributed by atoms with Gasteiger partial charge in [0.2, 0.25) is 0 Å². The zero-order chi connectivity index (χ0) is 24.1. The van der Waals surface area contributed by atoms with Crippen LogP contribution in [0.1, 0.15) is 43.4 Å². The molecule has 1 aliphatic carbocycles. The Labute approximate surface area is 202 Å². The largest absolute Gasteiger partial charge is 0.423 e. The van der Waals surface area contributed by atoms with Gasteiger partial charge < -0.3 is 25.1 Å². The van der Waals surface area contributed by atoms with E-state index >= 15 is 0 Å². The fraction of sp³-hybridized carbons (Fsp3) is 0.296. The Balaban J connectivity index is 1.33. The van der Waals surface area contributed by atoms with E-state index in [1.165, 1.54) is 11.9 Å². The summed E-state index contributed by atoms with van der Waals surface area (Å²) in [5.41, 5.74) is 14.0. The van der Waals surface area contributed by atoms with Crippen LogP contribution in [0.3, 0.4) is 0 Å². The number of nitrogens with zero attached hydrogens (tertiary/aromatic N) is 4. The number of benzene rings is 2. The number of nitrogen functional groups attached to an aromatic ring is 1. The maximum absolute atomic E-state index is 10.1. The lowest BCUT2D eigenvalue weighted by atomic mass is 10.1. The molecule has 0 bridgehead atoms. The van der Waals surface area contributed by atoms with Gasteiger partial charge in [0.05, 0.1) is 11.5 Å². The third-order valence-corrected chi connectivity index (χ3v) is 6.95. The van der Waals surface area contributed by atoms with Gasteiger partial charge in [0, 0.05) is 23.5 Å². The first-order chi connectivity index (χ1) is 17.0. The molecule has 0 amide bonds. The van der Waals surface area contributed by atoms with E-state index in [0.29, 0.717) is 11.8 Å². The van der Waals surface area contributed by atoms with E-state index < -0.39 is 0 Å². The molecule has 2 atom stereocenters. The van der Waals surface area contributed by atoms with Crippen molar-refractivity contribution in [1.29, 1.82) is 0 Å².